The van der Waals surface area contributed by atoms with Gasteiger partial charge in [0.1, 0.15) is 5.82 Å². The number of pyridine rings is 1. The van der Waals surface area contributed by atoms with Gasteiger partial charge in [-0.15, -0.1) is 0 Å². The van der Waals surface area contributed by atoms with Crippen LogP contribution in [-0.2, 0) is 10.0 Å². The van der Waals surface area contributed by atoms with Crippen LogP contribution in [0.15, 0.2) is 18.3 Å². The normalized spacial score (nSPS) is 11.3. The molecule has 0 bridgehead atoms. The van der Waals surface area contributed by atoms with Gasteiger partial charge in [-0.1, -0.05) is 0 Å². The Hall–Kier alpha value is -1.34. The molecule has 1 aromatic heterocycles. The minimum absolute atomic E-state index is 0.0254. The molecular formula is C8H14N4O2S. The van der Waals surface area contributed by atoms with Gasteiger partial charge < -0.3 is 11.1 Å². The van der Waals surface area contributed by atoms with Crippen molar-refractivity contribution >= 4 is 21.5 Å². The van der Waals surface area contributed by atoms with Crippen molar-refractivity contribution in [3.8, 4) is 0 Å². The maximum atomic E-state index is 10.6. The average molecular weight is 230 g/mol. The van der Waals surface area contributed by atoms with Crippen molar-refractivity contribution in [3.05, 3.63) is 18.3 Å². The third-order valence-electron chi connectivity index (χ3n) is 1.72. The summed E-state index contributed by atoms with van der Waals surface area (Å²) in [7, 11) is -3.36. The Balaban J connectivity index is 2.29. The number of nitrogen functional groups attached to an aromatic ring is 1. The van der Waals surface area contributed by atoms with Gasteiger partial charge in [-0.25, -0.2) is 18.5 Å². The second-order valence-electron chi connectivity index (χ2n) is 3.12. The molecule has 0 radical (unpaired) electrons. The molecule has 15 heavy (non-hydrogen) atoms. The van der Waals surface area contributed by atoms with Crippen LogP contribution in [0.4, 0.5) is 11.5 Å². The van der Waals surface area contributed by atoms with Crippen LogP contribution in [0.2, 0.25) is 0 Å². The zero-order chi connectivity index (χ0) is 11.3. The Bertz CT molecular complexity index is 401. The van der Waals surface area contributed by atoms with Crippen molar-refractivity contribution in [2.24, 2.45) is 5.14 Å². The minimum Gasteiger partial charge on any atom is -0.384 e. The third-order valence-corrected chi connectivity index (χ3v) is 2.58. The SMILES string of the molecule is Nc1ccc(NCCCS(N)(=O)=O)cn1. The van der Waals surface area contributed by atoms with Crippen LogP contribution in [0, 0.1) is 0 Å². The lowest BCUT2D eigenvalue weighted by molar-refractivity contribution is 0.596. The monoisotopic (exact) mass is 230 g/mol. The van der Waals surface area contributed by atoms with Crippen LogP contribution in [0.1, 0.15) is 6.42 Å². The molecule has 1 aromatic rings. The molecule has 1 rings (SSSR count). The van der Waals surface area contributed by atoms with E-state index in [0.717, 1.165) is 5.69 Å². The first-order valence-corrected chi connectivity index (χ1v) is 6.15. The van der Waals surface area contributed by atoms with Crippen molar-refractivity contribution in [3.63, 3.8) is 0 Å². The van der Waals surface area contributed by atoms with E-state index in [9.17, 15) is 8.42 Å². The number of hydrogen-bond acceptors (Lipinski definition) is 5. The van der Waals surface area contributed by atoms with Gasteiger partial charge in [-0.2, -0.15) is 0 Å². The number of anilines is 2. The molecule has 0 amide bonds. The number of nitrogens with one attached hydrogen (secondary N) is 1. The molecule has 6 nitrogen and oxygen atoms in total. The second-order valence-corrected chi connectivity index (χ2v) is 4.85. The highest BCUT2D eigenvalue weighted by molar-refractivity contribution is 7.89. The van der Waals surface area contributed by atoms with E-state index >= 15 is 0 Å². The second kappa shape index (κ2) is 4.94. The fourth-order valence-electron chi connectivity index (χ4n) is 1.02. The highest BCUT2D eigenvalue weighted by Gasteiger charge is 2.01. The molecule has 0 aliphatic heterocycles. The number of sulfonamides is 1. The summed E-state index contributed by atoms with van der Waals surface area (Å²) in [5.41, 5.74) is 6.21. The summed E-state index contributed by atoms with van der Waals surface area (Å²) in [6.07, 6.45) is 2.05. The molecule has 0 unspecified atom stereocenters. The van der Waals surface area contributed by atoms with Crippen LogP contribution in [0.25, 0.3) is 0 Å². The van der Waals surface area contributed by atoms with E-state index in [-0.39, 0.29) is 5.75 Å². The van der Waals surface area contributed by atoms with E-state index in [1.165, 1.54) is 0 Å². The largest absolute Gasteiger partial charge is 0.384 e. The maximum Gasteiger partial charge on any atom is 0.209 e. The first-order valence-electron chi connectivity index (χ1n) is 4.43. The van der Waals surface area contributed by atoms with Crippen LogP contribution in [-0.4, -0.2) is 25.7 Å². The molecule has 84 valence electrons. The molecule has 0 saturated heterocycles. The summed E-state index contributed by atoms with van der Waals surface area (Å²) in [6.45, 7) is 0.530. The number of rotatable bonds is 5. The number of nitrogens with two attached hydrogens (primary N) is 2. The minimum atomic E-state index is -3.36. The molecule has 7 heteroatoms. The number of aromatic nitrogens is 1. The topological polar surface area (TPSA) is 111 Å². The standard InChI is InChI=1S/C8H14N4O2S/c9-8-3-2-7(6-12-8)11-4-1-5-15(10,13)14/h2-3,6,11H,1,4-5H2,(H2,9,12)(H2,10,13,14). The summed E-state index contributed by atoms with van der Waals surface area (Å²) in [5.74, 6) is 0.424. The average Bonchev–Trinajstić information content (AvgIpc) is 2.14. The summed E-state index contributed by atoms with van der Waals surface area (Å²) in [6, 6.07) is 3.45. The van der Waals surface area contributed by atoms with Crippen LogP contribution in [0.3, 0.4) is 0 Å². The smallest absolute Gasteiger partial charge is 0.209 e. The van der Waals surface area contributed by atoms with E-state index in [0.29, 0.717) is 18.8 Å². The number of nitrogens with zero attached hydrogens (tertiary/aromatic N) is 1. The van der Waals surface area contributed by atoms with Gasteiger partial charge >= 0.3 is 0 Å². The summed E-state index contributed by atoms with van der Waals surface area (Å²) in [4.78, 5) is 3.88. The molecule has 0 aliphatic carbocycles. The van der Waals surface area contributed by atoms with E-state index in [1.54, 1.807) is 18.3 Å². The van der Waals surface area contributed by atoms with Gasteiger partial charge in [-0.3, -0.25) is 0 Å². The molecule has 0 fully saturated rings. The van der Waals surface area contributed by atoms with Gasteiger partial charge in [0.15, 0.2) is 0 Å². The predicted molar refractivity (Wildman–Crippen MR) is 59.7 cm³/mol. The number of primary sulfonamides is 1. The molecule has 1 heterocycles. The van der Waals surface area contributed by atoms with E-state index < -0.39 is 10.0 Å². The summed E-state index contributed by atoms with van der Waals surface area (Å²) in [5, 5.41) is 7.86. The highest BCUT2D eigenvalue weighted by Crippen LogP contribution is 2.06. The Morgan fingerprint density at radius 1 is 1.40 bits per heavy atom. The lowest BCUT2D eigenvalue weighted by Crippen LogP contribution is -2.18. The Morgan fingerprint density at radius 3 is 2.67 bits per heavy atom. The molecule has 0 spiro atoms. The lowest BCUT2D eigenvalue weighted by Gasteiger charge is -2.04. The van der Waals surface area contributed by atoms with Crippen LogP contribution < -0.4 is 16.2 Å². The first kappa shape index (κ1) is 11.7. The molecule has 0 atom stereocenters. The van der Waals surface area contributed by atoms with Gasteiger partial charge in [0.2, 0.25) is 10.0 Å². The first-order chi connectivity index (χ1) is 6.97. The fourth-order valence-corrected chi connectivity index (χ4v) is 1.56. The van der Waals surface area contributed by atoms with Crippen molar-refractivity contribution in [1.82, 2.24) is 4.98 Å². The van der Waals surface area contributed by atoms with E-state index in [4.69, 9.17) is 10.9 Å². The van der Waals surface area contributed by atoms with Gasteiger partial charge in [-0.05, 0) is 18.6 Å². The van der Waals surface area contributed by atoms with Gasteiger partial charge in [0.05, 0.1) is 17.6 Å². The summed E-state index contributed by atoms with van der Waals surface area (Å²) < 4.78 is 21.2. The quantitative estimate of drug-likeness (QED) is 0.604. The highest BCUT2D eigenvalue weighted by atomic mass is 32.2. The van der Waals surface area contributed by atoms with Crippen LogP contribution in [0.5, 0.6) is 0 Å². The zero-order valence-corrected chi connectivity index (χ0v) is 9.00. The van der Waals surface area contributed by atoms with Crippen molar-refractivity contribution < 1.29 is 8.42 Å². The number of hydrogen-bond donors (Lipinski definition) is 3. The zero-order valence-electron chi connectivity index (χ0n) is 8.18. The molecular weight excluding hydrogens is 216 g/mol. The maximum absolute atomic E-state index is 10.6. The van der Waals surface area contributed by atoms with Crippen molar-refractivity contribution in [1.29, 1.82) is 0 Å². The molecule has 0 aromatic carbocycles. The molecule has 0 aliphatic rings. The summed E-state index contributed by atoms with van der Waals surface area (Å²) >= 11 is 0. The van der Waals surface area contributed by atoms with Gasteiger partial charge in [0.25, 0.3) is 0 Å². The Morgan fingerprint density at radius 2 is 2.13 bits per heavy atom. The Labute approximate surface area is 88.7 Å². The van der Waals surface area contributed by atoms with Crippen LogP contribution >= 0.6 is 0 Å². The predicted octanol–water partition coefficient (Wildman–Crippen LogP) is -0.246. The third kappa shape index (κ3) is 5.18. The molecule has 0 saturated carbocycles. The van der Waals surface area contributed by atoms with Gasteiger partial charge in [0, 0.05) is 6.54 Å². The van der Waals surface area contributed by atoms with E-state index in [1.807, 2.05) is 0 Å². The lowest BCUT2D eigenvalue weighted by atomic mass is 10.4. The Kier molecular flexibility index (Phi) is 3.87. The van der Waals surface area contributed by atoms with Crippen molar-refractivity contribution in [2.75, 3.05) is 23.3 Å². The van der Waals surface area contributed by atoms with Crippen molar-refractivity contribution in [2.45, 2.75) is 6.42 Å². The fraction of sp³-hybridized carbons (Fsp3) is 0.375. The van der Waals surface area contributed by atoms with E-state index in [2.05, 4.69) is 10.3 Å². The molecule has 5 N–H and O–H groups in total.